The minimum absolute atomic E-state index is 0.323. The lowest BCUT2D eigenvalue weighted by Gasteiger charge is -2.12. The van der Waals surface area contributed by atoms with Crippen molar-refractivity contribution in [3.8, 4) is 5.75 Å². The summed E-state index contributed by atoms with van der Waals surface area (Å²) in [4.78, 5) is 20.3. The second-order valence-corrected chi connectivity index (χ2v) is 7.59. The van der Waals surface area contributed by atoms with Gasteiger partial charge in [-0.2, -0.15) is 4.98 Å². The van der Waals surface area contributed by atoms with Gasteiger partial charge in [0.05, 0.1) is 12.6 Å². The average molecular weight is 438 g/mol. The van der Waals surface area contributed by atoms with Crippen LogP contribution in [-0.4, -0.2) is 34.7 Å². The Balaban J connectivity index is 1.52. The number of nitrogens with one attached hydrogen (secondary N) is 3. The predicted molar refractivity (Wildman–Crippen MR) is 126 cm³/mol. The van der Waals surface area contributed by atoms with Crippen LogP contribution in [0.5, 0.6) is 5.75 Å². The third-order valence-corrected chi connectivity index (χ3v) is 5.21. The van der Waals surface area contributed by atoms with Crippen molar-refractivity contribution >= 4 is 28.6 Å². The normalized spacial score (nSPS) is 10.7. The van der Waals surface area contributed by atoms with E-state index in [1.54, 1.807) is 12.6 Å². The van der Waals surface area contributed by atoms with E-state index in [0.717, 1.165) is 66.7 Å². The number of benzene rings is 2. The second-order valence-electron chi connectivity index (χ2n) is 7.59. The first-order valence-electron chi connectivity index (χ1n) is 11.0. The lowest BCUT2D eigenvalue weighted by Crippen LogP contribution is -2.17. The Bertz CT molecular complexity index is 995. The summed E-state index contributed by atoms with van der Waals surface area (Å²) in [6.07, 6.45) is 5.23. The summed E-state index contributed by atoms with van der Waals surface area (Å²) in [6.45, 7) is 1.44. The van der Waals surface area contributed by atoms with E-state index >= 15 is 0 Å². The van der Waals surface area contributed by atoms with E-state index in [1.807, 2.05) is 48.5 Å². The van der Waals surface area contributed by atoms with Gasteiger partial charge < -0.3 is 15.4 Å². The number of aromatic nitrogens is 2. The maximum absolute atomic E-state index is 11.0. The molecule has 4 N–H and O–H groups in total. The van der Waals surface area contributed by atoms with Crippen LogP contribution >= 0.6 is 0 Å². The van der Waals surface area contributed by atoms with Crippen LogP contribution in [0.1, 0.15) is 44.1 Å². The number of carbonyl (C=O) groups is 1. The third-order valence-electron chi connectivity index (χ3n) is 5.21. The first kappa shape index (κ1) is 23.3. The van der Waals surface area contributed by atoms with Gasteiger partial charge in [-0.15, -0.1) is 0 Å². The van der Waals surface area contributed by atoms with Gasteiger partial charge in [-0.1, -0.05) is 43.5 Å². The van der Waals surface area contributed by atoms with Crippen molar-refractivity contribution in [2.75, 3.05) is 24.3 Å². The van der Waals surface area contributed by atoms with Gasteiger partial charge in [0, 0.05) is 24.9 Å². The molecule has 0 atom stereocenters. The zero-order chi connectivity index (χ0) is 22.6. The third kappa shape index (κ3) is 7.09. The first-order chi connectivity index (χ1) is 15.7. The van der Waals surface area contributed by atoms with Crippen LogP contribution in [0.25, 0.3) is 10.9 Å². The molecule has 1 aromatic heterocycles. The number of hydrogen-bond acceptors (Lipinski definition) is 7. The number of rotatable bonds is 13. The summed E-state index contributed by atoms with van der Waals surface area (Å²) in [6, 6.07) is 15.9. The lowest BCUT2D eigenvalue weighted by atomic mass is 10.1. The van der Waals surface area contributed by atoms with E-state index in [2.05, 4.69) is 15.6 Å². The van der Waals surface area contributed by atoms with Crippen molar-refractivity contribution in [3.63, 3.8) is 0 Å². The zero-order valence-electron chi connectivity index (χ0n) is 18.4. The zero-order valence-corrected chi connectivity index (χ0v) is 18.4. The predicted octanol–water partition coefficient (Wildman–Crippen LogP) is 4.51. The molecule has 0 spiro atoms. The highest BCUT2D eigenvalue weighted by molar-refractivity contribution is 5.90. The lowest BCUT2D eigenvalue weighted by molar-refractivity contribution is -0.129. The molecule has 0 aliphatic heterocycles. The van der Waals surface area contributed by atoms with Crippen molar-refractivity contribution in [2.24, 2.45) is 0 Å². The van der Waals surface area contributed by atoms with Crippen LogP contribution in [0.3, 0.4) is 0 Å². The molecule has 0 saturated carbocycles. The standard InChI is InChI=1S/C24H31N5O3/c1-32-19-14-12-18(13-15-19)17-26-23-20-9-6-7-10-21(20)27-24(28-23)25-16-8-4-2-3-5-11-22(30)29-31/h6-7,9-10,12-15,31H,2-5,8,11,16-17H2,1H3,(H,29,30)(H2,25,26,27,28). The molecule has 170 valence electrons. The molecule has 0 radical (unpaired) electrons. The Hall–Kier alpha value is -3.39. The monoisotopic (exact) mass is 437 g/mol. The van der Waals surface area contributed by atoms with E-state index in [9.17, 15) is 4.79 Å². The summed E-state index contributed by atoms with van der Waals surface area (Å²) in [5.74, 6) is 1.93. The van der Waals surface area contributed by atoms with Crippen molar-refractivity contribution in [1.29, 1.82) is 0 Å². The maximum Gasteiger partial charge on any atom is 0.243 e. The highest BCUT2D eigenvalue weighted by Crippen LogP contribution is 2.23. The van der Waals surface area contributed by atoms with Gasteiger partial charge in [0.15, 0.2) is 0 Å². The second kappa shape index (κ2) is 12.5. The molecule has 2 aromatic carbocycles. The smallest absolute Gasteiger partial charge is 0.243 e. The molecule has 0 saturated heterocycles. The van der Waals surface area contributed by atoms with Crippen LogP contribution in [0.4, 0.5) is 11.8 Å². The molecule has 3 rings (SSSR count). The molecular weight excluding hydrogens is 406 g/mol. The number of amides is 1. The molecule has 32 heavy (non-hydrogen) atoms. The molecule has 3 aromatic rings. The Labute approximate surface area is 188 Å². The largest absolute Gasteiger partial charge is 0.497 e. The van der Waals surface area contributed by atoms with Gasteiger partial charge in [0.1, 0.15) is 11.6 Å². The number of hydroxylamine groups is 1. The number of hydrogen-bond donors (Lipinski definition) is 4. The first-order valence-corrected chi connectivity index (χ1v) is 11.0. The van der Waals surface area contributed by atoms with Crippen LogP contribution < -0.4 is 20.9 Å². The van der Waals surface area contributed by atoms with Crippen LogP contribution in [-0.2, 0) is 11.3 Å². The summed E-state index contributed by atoms with van der Waals surface area (Å²) in [5, 5.41) is 16.2. The van der Waals surface area contributed by atoms with E-state index in [-0.39, 0.29) is 5.91 Å². The van der Waals surface area contributed by atoms with Gasteiger partial charge in [0.25, 0.3) is 0 Å². The van der Waals surface area contributed by atoms with Crippen molar-refractivity contribution < 1.29 is 14.7 Å². The van der Waals surface area contributed by atoms with Gasteiger partial charge in [-0.3, -0.25) is 10.0 Å². The van der Waals surface area contributed by atoms with Gasteiger partial charge >= 0.3 is 0 Å². The van der Waals surface area contributed by atoms with E-state index in [1.165, 1.54) is 0 Å². The fraction of sp³-hybridized carbons (Fsp3) is 0.375. The van der Waals surface area contributed by atoms with E-state index in [4.69, 9.17) is 14.9 Å². The minimum Gasteiger partial charge on any atom is -0.497 e. The summed E-state index contributed by atoms with van der Waals surface area (Å²) >= 11 is 0. The van der Waals surface area contributed by atoms with Gasteiger partial charge in [0.2, 0.25) is 11.9 Å². The van der Waals surface area contributed by atoms with Gasteiger partial charge in [-0.05, 0) is 42.7 Å². The number of ether oxygens (including phenoxy) is 1. The van der Waals surface area contributed by atoms with Crippen molar-refractivity contribution in [1.82, 2.24) is 15.4 Å². The van der Waals surface area contributed by atoms with Crippen LogP contribution in [0.15, 0.2) is 48.5 Å². The molecule has 8 nitrogen and oxygen atoms in total. The highest BCUT2D eigenvalue weighted by atomic mass is 16.5. The van der Waals surface area contributed by atoms with Crippen LogP contribution in [0.2, 0.25) is 0 Å². The van der Waals surface area contributed by atoms with E-state index in [0.29, 0.717) is 18.9 Å². The molecular formula is C24H31N5O3. The summed E-state index contributed by atoms with van der Waals surface area (Å²) < 4.78 is 5.22. The highest BCUT2D eigenvalue weighted by Gasteiger charge is 2.07. The molecule has 0 bridgehead atoms. The molecule has 0 fully saturated rings. The molecule has 8 heteroatoms. The molecule has 0 aliphatic rings. The fourth-order valence-corrected chi connectivity index (χ4v) is 3.42. The number of para-hydroxylation sites is 1. The Morgan fingerprint density at radius 1 is 0.938 bits per heavy atom. The number of unbranched alkanes of at least 4 members (excludes halogenated alkanes) is 4. The molecule has 0 unspecified atom stereocenters. The average Bonchev–Trinajstić information content (AvgIpc) is 2.84. The number of fused-ring (bicyclic) bond motifs is 1. The summed E-state index contributed by atoms with van der Waals surface area (Å²) in [7, 11) is 1.66. The number of anilines is 2. The Morgan fingerprint density at radius 2 is 1.69 bits per heavy atom. The van der Waals surface area contributed by atoms with Crippen molar-refractivity contribution in [2.45, 2.75) is 45.1 Å². The topological polar surface area (TPSA) is 108 Å². The SMILES string of the molecule is COc1ccc(CNc2nc(NCCCCCCCC(=O)NO)nc3ccccc23)cc1. The number of nitrogens with zero attached hydrogens (tertiary/aromatic N) is 2. The number of methoxy groups -OCH3 is 1. The molecule has 0 aliphatic carbocycles. The molecule has 1 amide bonds. The van der Waals surface area contributed by atoms with Gasteiger partial charge in [-0.25, -0.2) is 10.5 Å². The molecule has 1 heterocycles. The maximum atomic E-state index is 11.0. The minimum atomic E-state index is -0.323. The number of carbonyl (C=O) groups excluding carboxylic acids is 1. The Kier molecular flexibility index (Phi) is 9.06. The quantitative estimate of drug-likeness (QED) is 0.177. The fourth-order valence-electron chi connectivity index (χ4n) is 3.42. The van der Waals surface area contributed by atoms with E-state index < -0.39 is 0 Å². The summed E-state index contributed by atoms with van der Waals surface area (Å²) in [5.41, 5.74) is 3.69. The Morgan fingerprint density at radius 3 is 2.47 bits per heavy atom. The van der Waals surface area contributed by atoms with Crippen LogP contribution in [0, 0.1) is 0 Å². The van der Waals surface area contributed by atoms with Crippen molar-refractivity contribution in [3.05, 3.63) is 54.1 Å².